The van der Waals surface area contributed by atoms with Crippen LogP contribution in [0.2, 0.25) is 5.02 Å². The fourth-order valence-corrected chi connectivity index (χ4v) is 1.67. The average molecular weight is 255 g/mol. The molecule has 0 N–H and O–H groups in total. The first-order valence-corrected chi connectivity index (χ1v) is 5.51. The summed E-state index contributed by atoms with van der Waals surface area (Å²) in [6.45, 7) is 2.27. The Morgan fingerprint density at radius 3 is 2.76 bits per heavy atom. The van der Waals surface area contributed by atoms with E-state index in [0.29, 0.717) is 12.4 Å². The predicted octanol–water partition coefficient (Wildman–Crippen LogP) is 3.10. The second-order valence-electron chi connectivity index (χ2n) is 3.76. The van der Waals surface area contributed by atoms with Crippen LogP contribution in [0, 0.1) is 12.7 Å². The molecule has 90 valence electrons. The van der Waals surface area contributed by atoms with Crippen LogP contribution in [0.15, 0.2) is 24.3 Å². The minimum atomic E-state index is -0.379. The molecule has 0 bridgehead atoms. The van der Waals surface area contributed by atoms with Gasteiger partial charge in [0.15, 0.2) is 0 Å². The average Bonchev–Trinajstić information content (AvgIpc) is 2.57. The topological polar surface area (TPSA) is 27.1 Å². The largest absolute Gasteiger partial charge is 0.486 e. The molecule has 5 heteroatoms. The molecule has 0 saturated heterocycles. The molecular weight excluding hydrogens is 243 g/mol. The van der Waals surface area contributed by atoms with Gasteiger partial charge in [0.25, 0.3) is 0 Å². The first-order chi connectivity index (χ1) is 8.06. The Balaban J connectivity index is 2.07. The van der Waals surface area contributed by atoms with Gasteiger partial charge in [-0.25, -0.2) is 4.39 Å². The molecule has 3 nitrogen and oxygen atoms in total. The molecule has 1 heterocycles. The molecule has 0 spiro atoms. The zero-order valence-electron chi connectivity index (χ0n) is 9.58. The van der Waals surface area contributed by atoms with Gasteiger partial charge < -0.3 is 4.74 Å². The summed E-state index contributed by atoms with van der Waals surface area (Å²) >= 11 is 5.84. The molecule has 2 aromatic rings. The molecular formula is C12H12ClFN2O. The van der Waals surface area contributed by atoms with E-state index in [2.05, 4.69) is 5.10 Å². The molecule has 0 aliphatic rings. The zero-order chi connectivity index (χ0) is 12.4. The highest BCUT2D eigenvalue weighted by Crippen LogP contribution is 2.25. The van der Waals surface area contributed by atoms with Crippen molar-refractivity contribution < 1.29 is 9.13 Å². The van der Waals surface area contributed by atoms with Gasteiger partial charge in [-0.2, -0.15) is 5.10 Å². The van der Waals surface area contributed by atoms with Gasteiger partial charge in [0.1, 0.15) is 23.9 Å². The minimum absolute atomic E-state index is 0.262. The molecule has 0 aliphatic heterocycles. The van der Waals surface area contributed by atoms with Crippen molar-refractivity contribution in [1.82, 2.24) is 9.78 Å². The lowest BCUT2D eigenvalue weighted by Crippen LogP contribution is -1.98. The van der Waals surface area contributed by atoms with E-state index in [-0.39, 0.29) is 10.8 Å². The Hall–Kier alpha value is -1.55. The Morgan fingerprint density at radius 2 is 2.18 bits per heavy atom. The molecule has 1 aromatic carbocycles. The fourth-order valence-electron chi connectivity index (χ4n) is 1.45. The maximum atomic E-state index is 12.8. The number of nitrogens with zero attached hydrogens (tertiary/aromatic N) is 2. The molecule has 0 unspecified atom stereocenters. The third-order valence-corrected chi connectivity index (χ3v) is 2.73. The zero-order valence-corrected chi connectivity index (χ0v) is 10.3. The summed E-state index contributed by atoms with van der Waals surface area (Å²) in [5.41, 5.74) is 1.86. The smallest absolute Gasteiger partial charge is 0.138 e. The van der Waals surface area contributed by atoms with Crippen LogP contribution in [-0.4, -0.2) is 9.78 Å². The van der Waals surface area contributed by atoms with E-state index in [1.807, 2.05) is 20.0 Å². The van der Waals surface area contributed by atoms with E-state index in [9.17, 15) is 4.39 Å². The van der Waals surface area contributed by atoms with Gasteiger partial charge in [0, 0.05) is 12.7 Å². The van der Waals surface area contributed by atoms with Crippen molar-refractivity contribution in [3.63, 3.8) is 0 Å². The van der Waals surface area contributed by atoms with Crippen molar-refractivity contribution in [2.75, 3.05) is 0 Å². The van der Waals surface area contributed by atoms with Gasteiger partial charge in [-0.3, -0.25) is 4.68 Å². The Bertz CT molecular complexity index is 520. The Labute approximate surface area is 104 Å². The first kappa shape index (κ1) is 11.9. The maximum absolute atomic E-state index is 12.8. The van der Waals surface area contributed by atoms with Crippen LogP contribution >= 0.6 is 11.6 Å². The summed E-state index contributed by atoms with van der Waals surface area (Å²) in [6, 6.07) is 5.97. The molecule has 0 saturated carbocycles. The van der Waals surface area contributed by atoms with E-state index in [0.717, 1.165) is 11.4 Å². The van der Waals surface area contributed by atoms with E-state index >= 15 is 0 Å². The standard InChI is InChI=1S/C12H12ClFN2O/c1-8-5-10(15-16(8)2)7-17-12-4-3-9(14)6-11(12)13/h3-6H,7H2,1-2H3. The van der Waals surface area contributed by atoms with E-state index in [4.69, 9.17) is 16.3 Å². The number of ether oxygens (including phenoxy) is 1. The lowest BCUT2D eigenvalue weighted by molar-refractivity contribution is 0.300. The molecule has 2 rings (SSSR count). The summed E-state index contributed by atoms with van der Waals surface area (Å²) in [7, 11) is 1.86. The number of hydrogen-bond acceptors (Lipinski definition) is 2. The quantitative estimate of drug-likeness (QED) is 0.842. The van der Waals surface area contributed by atoms with Gasteiger partial charge in [0.05, 0.1) is 5.02 Å². The minimum Gasteiger partial charge on any atom is -0.486 e. The highest BCUT2D eigenvalue weighted by Gasteiger charge is 2.06. The van der Waals surface area contributed by atoms with Crippen LogP contribution in [0.4, 0.5) is 4.39 Å². The van der Waals surface area contributed by atoms with E-state index in [1.165, 1.54) is 18.2 Å². The normalized spacial score (nSPS) is 10.6. The third kappa shape index (κ3) is 2.77. The summed E-state index contributed by atoms with van der Waals surface area (Å²) in [5.74, 6) is 0.0763. The van der Waals surface area contributed by atoms with Crippen LogP contribution in [0.3, 0.4) is 0 Å². The molecule has 1 aromatic heterocycles. The van der Waals surface area contributed by atoms with Crippen molar-refractivity contribution in [3.8, 4) is 5.75 Å². The van der Waals surface area contributed by atoms with Crippen molar-refractivity contribution in [3.05, 3.63) is 46.5 Å². The van der Waals surface area contributed by atoms with Crippen LogP contribution in [-0.2, 0) is 13.7 Å². The monoisotopic (exact) mass is 254 g/mol. The number of aromatic nitrogens is 2. The van der Waals surface area contributed by atoms with Gasteiger partial charge in [0.2, 0.25) is 0 Å². The summed E-state index contributed by atoms with van der Waals surface area (Å²) in [4.78, 5) is 0. The second-order valence-corrected chi connectivity index (χ2v) is 4.17. The second kappa shape index (κ2) is 4.75. The Morgan fingerprint density at radius 1 is 1.41 bits per heavy atom. The van der Waals surface area contributed by atoms with Crippen molar-refractivity contribution in [2.45, 2.75) is 13.5 Å². The summed E-state index contributed by atoms with van der Waals surface area (Å²) < 4.78 is 20.1. The third-order valence-electron chi connectivity index (χ3n) is 2.43. The van der Waals surface area contributed by atoms with Gasteiger partial charge in [-0.1, -0.05) is 11.6 Å². The van der Waals surface area contributed by atoms with Crippen LogP contribution in [0.5, 0.6) is 5.75 Å². The number of rotatable bonds is 3. The van der Waals surface area contributed by atoms with Gasteiger partial charge >= 0.3 is 0 Å². The Kier molecular flexibility index (Phi) is 3.33. The van der Waals surface area contributed by atoms with Crippen LogP contribution in [0.1, 0.15) is 11.4 Å². The van der Waals surface area contributed by atoms with Crippen LogP contribution in [0.25, 0.3) is 0 Å². The first-order valence-electron chi connectivity index (χ1n) is 5.13. The summed E-state index contributed by atoms with van der Waals surface area (Å²) in [5, 5.41) is 4.51. The number of aryl methyl sites for hydroxylation is 2. The van der Waals surface area contributed by atoms with Crippen molar-refractivity contribution in [1.29, 1.82) is 0 Å². The van der Waals surface area contributed by atoms with Gasteiger partial charge in [-0.05, 0) is 31.2 Å². The molecule has 0 fully saturated rings. The molecule has 0 radical (unpaired) electrons. The number of hydrogen-bond donors (Lipinski definition) is 0. The predicted molar refractivity (Wildman–Crippen MR) is 63.7 cm³/mol. The fraction of sp³-hybridized carbons (Fsp3) is 0.250. The van der Waals surface area contributed by atoms with Crippen LogP contribution < -0.4 is 4.74 Å². The van der Waals surface area contributed by atoms with Crippen molar-refractivity contribution >= 4 is 11.6 Å². The SMILES string of the molecule is Cc1cc(COc2ccc(F)cc2Cl)nn1C. The van der Waals surface area contributed by atoms with Gasteiger partial charge in [-0.15, -0.1) is 0 Å². The highest BCUT2D eigenvalue weighted by atomic mass is 35.5. The maximum Gasteiger partial charge on any atom is 0.138 e. The number of benzene rings is 1. The molecule has 17 heavy (non-hydrogen) atoms. The number of halogens is 2. The lowest BCUT2D eigenvalue weighted by atomic mass is 10.3. The highest BCUT2D eigenvalue weighted by molar-refractivity contribution is 6.32. The molecule has 0 atom stereocenters. The van der Waals surface area contributed by atoms with E-state index < -0.39 is 0 Å². The van der Waals surface area contributed by atoms with Crippen molar-refractivity contribution in [2.24, 2.45) is 7.05 Å². The lowest BCUT2D eigenvalue weighted by Gasteiger charge is -2.05. The van der Waals surface area contributed by atoms with E-state index in [1.54, 1.807) is 4.68 Å². The molecule has 0 amide bonds. The molecule has 0 aliphatic carbocycles. The summed E-state index contributed by atoms with van der Waals surface area (Å²) in [6.07, 6.45) is 0.